The molecule has 1 heterocycles. The zero-order valence-corrected chi connectivity index (χ0v) is 12.0. The molecule has 1 fully saturated rings. The van der Waals surface area contributed by atoms with Crippen LogP contribution in [0, 0.1) is 13.8 Å². The number of carbonyl (C=O) groups is 1. The highest BCUT2D eigenvalue weighted by atomic mass is 16.3. The minimum absolute atomic E-state index is 0.0351. The third-order valence-corrected chi connectivity index (χ3v) is 4.10. The van der Waals surface area contributed by atoms with Crippen molar-refractivity contribution in [3.05, 3.63) is 17.0 Å². The largest absolute Gasteiger partial charge is 0.388 e. The Morgan fingerprint density at radius 2 is 2.05 bits per heavy atom. The number of aryl methyl sites for hydroxylation is 2. The lowest BCUT2D eigenvalue weighted by molar-refractivity contribution is -0.132. The van der Waals surface area contributed by atoms with E-state index in [0.717, 1.165) is 42.6 Å². The Balaban J connectivity index is 1.96. The van der Waals surface area contributed by atoms with Crippen molar-refractivity contribution < 1.29 is 9.90 Å². The van der Waals surface area contributed by atoms with Gasteiger partial charge in [-0.15, -0.1) is 0 Å². The molecule has 19 heavy (non-hydrogen) atoms. The van der Waals surface area contributed by atoms with Crippen molar-refractivity contribution in [3.8, 4) is 0 Å². The summed E-state index contributed by atoms with van der Waals surface area (Å²) in [5.74, 6) is 0.0351. The monoisotopic (exact) mass is 265 g/mol. The van der Waals surface area contributed by atoms with Crippen LogP contribution in [-0.4, -0.2) is 45.3 Å². The van der Waals surface area contributed by atoms with Crippen LogP contribution in [0.1, 0.15) is 42.6 Å². The molecule has 0 radical (unpaired) electrons. The van der Waals surface area contributed by atoms with Crippen LogP contribution in [0.25, 0.3) is 0 Å². The first kappa shape index (κ1) is 14.1. The fourth-order valence-corrected chi connectivity index (χ4v) is 2.84. The Kier molecular flexibility index (Phi) is 3.94. The maximum absolute atomic E-state index is 12.2. The van der Waals surface area contributed by atoms with Crippen molar-refractivity contribution in [2.24, 2.45) is 0 Å². The molecule has 0 spiro atoms. The highest BCUT2D eigenvalue weighted by Crippen LogP contribution is 2.30. The number of rotatable bonds is 4. The van der Waals surface area contributed by atoms with Crippen LogP contribution in [0.3, 0.4) is 0 Å². The van der Waals surface area contributed by atoms with E-state index in [2.05, 4.69) is 10.2 Å². The molecular weight excluding hydrogens is 242 g/mol. The van der Waals surface area contributed by atoms with E-state index in [-0.39, 0.29) is 5.91 Å². The Morgan fingerprint density at radius 3 is 2.58 bits per heavy atom. The lowest BCUT2D eigenvalue weighted by Gasteiger charge is -2.28. The number of nitrogens with one attached hydrogen (secondary N) is 1. The van der Waals surface area contributed by atoms with E-state index in [9.17, 15) is 9.90 Å². The van der Waals surface area contributed by atoms with Crippen molar-refractivity contribution in [1.29, 1.82) is 0 Å². The topological polar surface area (TPSA) is 69.2 Å². The Labute approximate surface area is 114 Å². The average molecular weight is 265 g/mol. The van der Waals surface area contributed by atoms with Crippen molar-refractivity contribution in [2.75, 3.05) is 13.6 Å². The van der Waals surface area contributed by atoms with E-state index in [1.165, 1.54) is 0 Å². The van der Waals surface area contributed by atoms with Crippen molar-refractivity contribution in [3.63, 3.8) is 0 Å². The molecule has 106 valence electrons. The minimum atomic E-state index is -0.676. The number of hydrogen-bond donors (Lipinski definition) is 2. The SMILES string of the molecule is Cc1n[nH]c(C)c1CC(=O)N(C)CC1(O)CCCC1. The summed E-state index contributed by atoms with van der Waals surface area (Å²) < 4.78 is 0. The van der Waals surface area contributed by atoms with E-state index in [1.54, 1.807) is 11.9 Å². The van der Waals surface area contributed by atoms with Gasteiger partial charge in [-0.25, -0.2) is 0 Å². The van der Waals surface area contributed by atoms with Crippen LogP contribution in [0.4, 0.5) is 0 Å². The van der Waals surface area contributed by atoms with Crippen LogP contribution in [0.5, 0.6) is 0 Å². The summed E-state index contributed by atoms with van der Waals surface area (Å²) in [4.78, 5) is 13.9. The summed E-state index contributed by atoms with van der Waals surface area (Å²) in [6, 6.07) is 0. The number of amides is 1. The lowest BCUT2D eigenvalue weighted by atomic mass is 10.0. The van der Waals surface area contributed by atoms with Crippen LogP contribution in [-0.2, 0) is 11.2 Å². The molecule has 1 aliphatic rings. The van der Waals surface area contributed by atoms with E-state index in [1.807, 2.05) is 13.8 Å². The molecule has 1 amide bonds. The Hall–Kier alpha value is -1.36. The number of H-pyrrole nitrogens is 1. The maximum Gasteiger partial charge on any atom is 0.226 e. The highest BCUT2D eigenvalue weighted by Gasteiger charge is 2.33. The smallest absolute Gasteiger partial charge is 0.226 e. The summed E-state index contributed by atoms with van der Waals surface area (Å²) in [6.07, 6.45) is 4.06. The number of carbonyl (C=O) groups excluding carboxylic acids is 1. The van der Waals surface area contributed by atoms with Crippen molar-refractivity contribution in [1.82, 2.24) is 15.1 Å². The predicted molar refractivity (Wildman–Crippen MR) is 72.8 cm³/mol. The fraction of sp³-hybridized carbons (Fsp3) is 0.714. The molecule has 0 aliphatic heterocycles. The second-order valence-electron chi connectivity index (χ2n) is 5.77. The first-order chi connectivity index (χ1) is 8.91. The molecule has 0 aromatic carbocycles. The van der Waals surface area contributed by atoms with Gasteiger partial charge in [0.2, 0.25) is 5.91 Å². The molecule has 2 N–H and O–H groups in total. The zero-order chi connectivity index (χ0) is 14.0. The third kappa shape index (κ3) is 3.15. The van der Waals surface area contributed by atoms with Crippen LogP contribution in [0.2, 0.25) is 0 Å². The number of likely N-dealkylation sites (N-methyl/N-ethyl adjacent to an activating group) is 1. The Morgan fingerprint density at radius 1 is 1.42 bits per heavy atom. The molecule has 5 heteroatoms. The van der Waals surface area contributed by atoms with Gasteiger partial charge in [-0.1, -0.05) is 12.8 Å². The van der Waals surface area contributed by atoms with E-state index < -0.39 is 5.60 Å². The zero-order valence-electron chi connectivity index (χ0n) is 12.0. The van der Waals surface area contributed by atoms with Gasteiger partial charge in [0.05, 0.1) is 17.7 Å². The molecule has 0 atom stereocenters. The van der Waals surface area contributed by atoms with Gasteiger partial charge in [0.15, 0.2) is 0 Å². The normalized spacial score (nSPS) is 17.7. The molecule has 5 nitrogen and oxygen atoms in total. The van der Waals surface area contributed by atoms with Gasteiger partial charge in [-0.3, -0.25) is 9.89 Å². The van der Waals surface area contributed by atoms with E-state index in [0.29, 0.717) is 13.0 Å². The van der Waals surface area contributed by atoms with Gasteiger partial charge in [0.1, 0.15) is 0 Å². The van der Waals surface area contributed by atoms with Gasteiger partial charge in [0.25, 0.3) is 0 Å². The molecule has 1 aromatic heterocycles. The van der Waals surface area contributed by atoms with Crippen LogP contribution < -0.4 is 0 Å². The third-order valence-electron chi connectivity index (χ3n) is 4.10. The summed E-state index contributed by atoms with van der Waals surface area (Å²) in [5.41, 5.74) is 2.11. The molecule has 0 bridgehead atoms. The number of aliphatic hydroxyl groups is 1. The second-order valence-corrected chi connectivity index (χ2v) is 5.77. The Bertz CT molecular complexity index is 442. The number of hydrogen-bond acceptors (Lipinski definition) is 3. The second kappa shape index (κ2) is 5.33. The molecule has 0 saturated heterocycles. The number of nitrogens with zero attached hydrogens (tertiary/aromatic N) is 2. The van der Waals surface area contributed by atoms with Gasteiger partial charge < -0.3 is 10.0 Å². The molecular formula is C14H23N3O2. The first-order valence-corrected chi connectivity index (χ1v) is 6.88. The summed E-state index contributed by atoms with van der Waals surface area (Å²) in [5, 5.41) is 17.3. The lowest BCUT2D eigenvalue weighted by Crippen LogP contribution is -2.42. The standard InChI is InChI=1S/C14H23N3O2/c1-10-12(11(2)16-15-10)8-13(18)17(3)9-14(19)6-4-5-7-14/h19H,4-9H2,1-3H3,(H,15,16). The summed E-state index contributed by atoms with van der Waals surface area (Å²) >= 11 is 0. The summed E-state index contributed by atoms with van der Waals surface area (Å²) in [6.45, 7) is 4.26. The summed E-state index contributed by atoms with van der Waals surface area (Å²) in [7, 11) is 1.77. The van der Waals surface area contributed by atoms with Crippen molar-refractivity contribution in [2.45, 2.75) is 51.6 Å². The van der Waals surface area contributed by atoms with Crippen LogP contribution >= 0.6 is 0 Å². The number of aromatic nitrogens is 2. The number of aromatic amines is 1. The van der Waals surface area contributed by atoms with Crippen LogP contribution in [0.15, 0.2) is 0 Å². The molecule has 1 aromatic rings. The molecule has 1 saturated carbocycles. The van der Waals surface area contributed by atoms with E-state index >= 15 is 0 Å². The molecule has 2 rings (SSSR count). The quantitative estimate of drug-likeness (QED) is 0.863. The maximum atomic E-state index is 12.2. The van der Waals surface area contributed by atoms with Gasteiger partial charge in [0, 0.05) is 24.8 Å². The molecule has 1 aliphatic carbocycles. The molecule has 0 unspecified atom stereocenters. The fourth-order valence-electron chi connectivity index (χ4n) is 2.84. The first-order valence-electron chi connectivity index (χ1n) is 6.88. The van der Waals surface area contributed by atoms with Gasteiger partial charge >= 0.3 is 0 Å². The van der Waals surface area contributed by atoms with Gasteiger partial charge in [-0.2, -0.15) is 5.10 Å². The van der Waals surface area contributed by atoms with Crippen molar-refractivity contribution >= 4 is 5.91 Å². The van der Waals surface area contributed by atoms with Gasteiger partial charge in [-0.05, 0) is 26.7 Å². The minimum Gasteiger partial charge on any atom is -0.388 e. The van der Waals surface area contributed by atoms with E-state index in [4.69, 9.17) is 0 Å². The average Bonchev–Trinajstić information content (AvgIpc) is 2.90. The predicted octanol–water partition coefficient (Wildman–Crippen LogP) is 1.33. The highest BCUT2D eigenvalue weighted by molar-refractivity contribution is 5.79.